The van der Waals surface area contributed by atoms with E-state index in [4.69, 9.17) is 5.73 Å². The number of hydrogen-bond acceptors (Lipinski definition) is 3. The van der Waals surface area contributed by atoms with Gasteiger partial charge in [-0.15, -0.1) is 0 Å². The number of nitrogens with zero attached hydrogens (tertiary/aromatic N) is 2. The molecule has 0 radical (unpaired) electrons. The molecule has 0 aromatic carbocycles. The third-order valence-electron chi connectivity index (χ3n) is 3.16. The van der Waals surface area contributed by atoms with Gasteiger partial charge >= 0.3 is 0 Å². The van der Waals surface area contributed by atoms with E-state index in [1.807, 2.05) is 18.3 Å². The molecular formula is C11H16BrN3. The van der Waals surface area contributed by atoms with Crippen LogP contribution >= 0.6 is 15.9 Å². The molecule has 2 rings (SSSR count). The van der Waals surface area contributed by atoms with Crippen LogP contribution in [-0.4, -0.2) is 23.6 Å². The molecule has 2 N–H and O–H groups in total. The van der Waals surface area contributed by atoms with Crippen LogP contribution in [0.1, 0.15) is 13.8 Å². The Morgan fingerprint density at radius 2 is 2.20 bits per heavy atom. The lowest BCUT2D eigenvalue weighted by molar-refractivity contribution is 0.243. The fourth-order valence-corrected chi connectivity index (χ4v) is 2.30. The summed E-state index contributed by atoms with van der Waals surface area (Å²) in [6.45, 7) is 6.12. The van der Waals surface area contributed by atoms with Gasteiger partial charge in [0.25, 0.3) is 0 Å². The summed E-state index contributed by atoms with van der Waals surface area (Å²) in [5.41, 5.74) is 6.19. The SMILES string of the molecule is CC(C)C1(N)CN(c2ncccc2Br)C1. The molecule has 1 aromatic heterocycles. The Hall–Kier alpha value is -0.610. The van der Waals surface area contributed by atoms with Gasteiger partial charge in [0.15, 0.2) is 0 Å². The zero-order valence-electron chi connectivity index (χ0n) is 9.07. The van der Waals surface area contributed by atoms with Gasteiger partial charge in [0.1, 0.15) is 5.82 Å². The quantitative estimate of drug-likeness (QED) is 0.894. The van der Waals surface area contributed by atoms with Gasteiger partial charge in [0, 0.05) is 19.3 Å². The van der Waals surface area contributed by atoms with Crippen molar-refractivity contribution in [2.75, 3.05) is 18.0 Å². The third-order valence-corrected chi connectivity index (χ3v) is 3.78. The van der Waals surface area contributed by atoms with Crippen molar-refractivity contribution in [2.45, 2.75) is 19.4 Å². The molecule has 82 valence electrons. The molecule has 0 saturated carbocycles. The normalized spacial score (nSPS) is 19.1. The smallest absolute Gasteiger partial charge is 0.142 e. The van der Waals surface area contributed by atoms with Gasteiger partial charge in [-0.05, 0) is 34.0 Å². The molecule has 15 heavy (non-hydrogen) atoms. The van der Waals surface area contributed by atoms with E-state index in [0.717, 1.165) is 23.4 Å². The largest absolute Gasteiger partial charge is 0.352 e. The van der Waals surface area contributed by atoms with Crippen molar-refractivity contribution in [3.05, 3.63) is 22.8 Å². The number of nitrogens with two attached hydrogens (primary N) is 1. The molecule has 4 heteroatoms. The number of halogens is 1. The Morgan fingerprint density at radius 1 is 1.53 bits per heavy atom. The van der Waals surface area contributed by atoms with Crippen molar-refractivity contribution in [3.63, 3.8) is 0 Å². The third kappa shape index (κ3) is 1.88. The number of anilines is 1. The van der Waals surface area contributed by atoms with Gasteiger partial charge in [-0.3, -0.25) is 0 Å². The fourth-order valence-electron chi connectivity index (χ4n) is 1.79. The molecule has 0 atom stereocenters. The molecule has 0 bridgehead atoms. The van der Waals surface area contributed by atoms with Crippen molar-refractivity contribution in [1.29, 1.82) is 0 Å². The topological polar surface area (TPSA) is 42.1 Å². The number of aromatic nitrogens is 1. The molecule has 1 aliphatic heterocycles. The lowest BCUT2D eigenvalue weighted by atomic mass is 9.80. The molecule has 1 fully saturated rings. The van der Waals surface area contributed by atoms with E-state index in [2.05, 4.69) is 39.7 Å². The van der Waals surface area contributed by atoms with E-state index in [1.54, 1.807) is 0 Å². The second kappa shape index (κ2) is 3.76. The first kappa shape index (κ1) is 10.9. The molecule has 0 amide bonds. The highest BCUT2D eigenvalue weighted by Gasteiger charge is 2.42. The van der Waals surface area contributed by atoms with Gasteiger partial charge in [-0.1, -0.05) is 13.8 Å². The Kier molecular flexibility index (Phi) is 2.73. The summed E-state index contributed by atoms with van der Waals surface area (Å²) in [5.74, 6) is 1.51. The van der Waals surface area contributed by atoms with Crippen LogP contribution in [0.25, 0.3) is 0 Å². The van der Waals surface area contributed by atoms with E-state index in [1.165, 1.54) is 0 Å². The van der Waals surface area contributed by atoms with Crippen LogP contribution in [0.15, 0.2) is 22.8 Å². The Morgan fingerprint density at radius 3 is 2.73 bits per heavy atom. The molecule has 1 saturated heterocycles. The van der Waals surface area contributed by atoms with Gasteiger partial charge in [-0.2, -0.15) is 0 Å². The Balaban J connectivity index is 2.10. The zero-order chi connectivity index (χ0) is 11.1. The van der Waals surface area contributed by atoms with E-state index < -0.39 is 0 Å². The summed E-state index contributed by atoms with van der Waals surface area (Å²) in [5, 5.41) is 0. The standard InChI is InChI=1S/C11H16BrN3/c1-8(2)11(13)6-15(7-11)10-9(12)4-3-5-14-10/h3-5,8H,6-7,13H2,1-2H3. The summed E-state index contributed by atoms with van der Waals surface area (Å²) in [6, 6.07) is 3.93. The van der Waals surface area contributed by atoms with E-state index in [-0.39, 0.29) is 5.54 Å². The second-order valence-electron chi connectivity index (χ2n) is 4.55. The molecule has 1 aromatic rings. The summed E-state index contributed by atoms with van der Waals surface area (Å²) in [4.78, 5) is 6.56. The van der Waals surface area contributed by atoms with Crippen LogP contribution < -0.4 is 10.6 Å². The molecule has 2 heterocycles. The monoisotopic (exact) mass is 269 g/mol. The fraction of sp³-hybridized carbons (Fsp3) is 0.545. The first-order chi connectivity index (χ1) is 7.03. The molecule has 0 aliphatic carbocycles. The maximum absolute atomic E-state index is 6.24. The predicted octanol–water partition coefficient (Wildman–Crippen LogP) is 2.02. The minimum absolute atomic E-state index is 0.0447. The first-order valence-electron chi connectivity index (χ1n) is 5.17. The Bertz CT molecular complexity index is 359. The maximum atomic E-state index is 6.24. The molecule has 0 unspecified atom stereocenters. The van der Waals surface area contributed by atoms with Crippen molar-refractivity contribution >= 4 is 21.7 Å². The van der Waals surface area contributed by atoms with Crippen molar-refractivity contribution in [1.82, 2.24) is 4.98 Å². The van der Waals surface area contributed by atoms with E-state index in [0.29, 0.717) is 5.92 Å². The highest BCUT2D eigenvalue weighted by atomic mass is 79.9. The lowest BCUT2D eigenvalue weighted by Crippen LogP contribution is -2.70. The number of pyridine rings is 1. The molecular weight excluding hydrogens is 254 g/mol. The van der Waals surface area contributed by atoms with Crippen molar-refractivity contribution in [3.8, 4) is 0 Å². The lowest BCUT2D eigenvalue weighted by Gasteiger charge is -2.51. The van der Waals surface area contributed by atoms with Crippen LogP contribution in [0.3, 0.4) is 0 Å². The minimum atomic E-state index is -0.0447. The van der Waals surface area contributed by atoms with Gasteiger partial charge in [0.05, 0.1) is 10.0 Å². The molecule has 1 aliphatic rings. The maximum Gasteiger partial charge on any atom is 0.142 e. The van der Waals surface area contributed by atoms with Crippen molar-refractivity contribution < 1.29 is 0 Å². The number of hydrogen-bond donors (Lipinski definition) is 1. The zero-order valence-corrected chi connectivity index (χ0v) is 10.7. The highest BCUT2D eigenvalue weighted by Crippen LogP contribution is 2.33. The van der Waals surface area contributed by atoms with Crippen LogP contribution in [0.2, 0.25) is 0 Å². The predicted molar refractivity (Wildman–Crippen MR) is 65.9 cm³/mol. The van der Waals surface area contributed by atoms with Gasteiger partial charge in [0.2, 0.25) is 0 Å². The average molecular weight is 270 g/mol. The first-order valence-corrected chi connectivity index (χ1v) is 5.96. The van der Waals surface area contributed by atoms with Gasteiger partial charge < -0.3 is 10.6 Å². The molecule has 3 nitrogen and oxygen atoms in total. The van der Waals surface area contributed by atoms with Crippen LogP contribution in [-0.2, 0) is 0 Å². The minimum Gasteiger partial charge on any atom is -0.352 e. The highest BCUT2D eigenvalue weighted by molar-refractivity contribution is 9.10. The van der Waals surface area contributed by atoms with Crippen LogP contribution in [0.4, 0.5) is 5.82 Å². The summed E-state index contributed by atoms with van der Waals surface area (Å²) in [6.07, 6.45) is 1.81. The van der Waals surface area contributed by atoms with Crippen molar-refractivity contribution in [2.24, 2.45) is 11.7 Å². The number of rotatable bonds is 2. The van der Waals surface area contributed by atoms with E-state index >= 15 is 0 Å². The summed E-state index contributed by atoms with van der Waals surface area (Å²) < 4.78 is 1.04. The van der Waals surface area contributed by atoms with Crippen LogP contribution in [0, 0.1) is 5.92 Å². The van der Waals surface area contributed by atoms with Gasteiger partial charge in [-0.25, -0.2) is 4.98 Å². The Labute approximate surface area is 98.8 Å². The van der Waals surface area contributed by atoms with E-state index in [9.17, 15) is 0 Å². The summed E-state index contributed by atoms with van der Waals surface area (Å²) >= 11 is 3.50. The average Bonchev–Trinajstić information content (AvgIpc) is 2.14. The van der Waals surface area contributed by atoms with Crippen LogP contribution in [0.5, 0.6) is 0 Å². The molecule has 0 spiro atoms. The second-order valence-corrected chi connectivity index (χ2v) is 5.41. The summed E-state index contributed by atoms with van der Waals surface area (Å²) in [7, 11) is 0.